The van der Waals surface area contributed by atoms with Crippen LogP contribution in [-0.2, 0) is 9.53 Å². The van der Waals surface area contributed by atoms with E-state index in [-0.39, 0.29) is 36.5 Å². The molecule has 0 spiro atoms. The van der Waals surface area contributed by atoms with Crippen molar-refractivity contribution in [3.05, 3.63) is 23.8 Å². The van der Waals surface area contributed by atoms with Crippen molar-refractivity contribution in [3.8, 4) is 11.5 Å². The Kier molecular flexibility index (Phi) is 2.92. The minimum absolute atomic E-state index is 0.0971. The molecule has 1 fully saturated rings. The van der Waals surface area contributed by atoms with Gasteiger partial charge in [-0.3, -0.25) is 9.59 Å². The molecule has 3 rings (SSSR count). The molecule has 5 heteroatoms. The van der Waals surface area contributed by atoms with Gasteiger partial charge in [-0.2, -0.15) is 0 Å². The molecule has 0 aliphatic carbocycles. The van der Waals surface area contributed by atoms with Crippen LogP contribution in [0.15, 0.2) is 18.2 Å². The van der Waals surface area contributed by atoms with Crippen molar-refractivity contribution in [1.82, 2.24) is 0 Å². The van der Waals surface area contributed by atoms with Gasteiger partial charge in [0.2, 0.25) is 6.79 Å². The molecule has 1 unspecified atom stereocenters. The molecule has 0 aromatic heterocycles. The summed E-state index contributed by atoms with van der Waals surface area (Å²) in [6.45, 7) is 4.00. The van der Waals surface area contributed by atoms with Gasteiger partial charge < -0.3 is 14.2 Å². The predicted octanol–water partition coefficient (Wildman–Crippen LogP) is 2.33. The number of ketones is 1. The molecule has 0 saturated carbocycles. The predicted molar refractivity (Wildman–Crippen MR) is 69.8 cm³/mol. The average Bonchev–Trinajstić information content (AvgIpc) is 2.93. The van der Waals surface area contributed by atoms with E-state index in [9.17, 15) is 9.59 Å². The minimum atomic E-state index is -0.388. The molecule has 5 nitrogen and oxygen atoms in total. The third-order valence-electron chi connectivity index (χ3n) is 3.81. The Hall–Kier alpha value is -2.04. The maximum absolute atomic E-state index is 12.4. The molecular formula is C15H16O5. The van der Waals surface area contributed by atoms with Crippen LogP contribution < -0.4 is 9.47 Å². The SMILES string of the molecule is CC1(C)CC(=O)OC1CC(=O)c1cccc2c1OCO2. The first kappa shape index (κ1) is 13.0. The highest BCUT2D eigenvalue weighted by atomic mass is 16.7. The monoisotopic (exact) mass is 276 g/mol. The van der Waals surface area contributed by atoms with Gasteiger partial charge in [0.05, 0.1) is 12.0 Å². The zero-order chi connectivity index (χ0) is 14.3. The Morgan fingerprint density at radius 2 is 2.15 bits per heavy atom. The standard InChI is InChI=1S/C15H16O5/c1-15(2)7-13(17)20-12(15)6-10(16)9-4-3-5-11-14(9)19-8-18-11/h3-5,12H,6-8H2,1-2H3. The highest BCUT2D eigenvalue weighted by molar-refractivity contribution is 6.00. The molecule has 0 bridgehead atoms. The normalized spacial score (nSPS) is 22.7. The number of rotatable bonds is 3. The van der Waals surface area contributed by atoms with Gasteiger partial charge in [-0.1, -0.05) is 19.9 Å². The Labute approximate surface area is 116 Å². The molecule has 1 aromatic rings. The zero-order valence-corrected chi connectivity index (χ0v) is 11.5. The van der Waals surface area contributed by atoms with E-state index in [2.05, 4.69) is 0 Å². The lowest BCUT2D eigenvalue weighted by Gasteiger charge is -2.23. The van der Waals surface area contributed by atoms with Gasteiger partial charge in [0.15, 0.2) is 17.3 Å². The number of esters is 1. The molecule has 1 saturated heterocycles. The van der Waals surface area contributed by atoms with E-state index in [0.717, 1.165) is 0 Å². The quantitative estimate of drug-likeness (QED) is 0.626. The number of carbonyl (C=O) groups is 2. The van der Waals surface area contributed by atoms with Gasteiger partial charge in [0.1, 0.15) is 6.10 Å². The van der Waals surface area contributed by atoms with Gasteiger partial charge in [-0.05, 0) is 12.1 Å². The second-order valence-electron chi connectivity index (χ2n) is 5.81. The lowest BCUT2D eigenvalue weighted by atomic mass is 9.82. The van der Waals surface area contributed by atoms with Crippen molar-refractivity contribution in [2.24, 2.45) is 5.41 Å². The molecular weight excluding hydrogens is 260 g/mol. The molecule has 2 heterocycles. The summed E-state index contributed by atoms with van der Waals surface area (Å²) in [4.78, 5) is 23.8. The molecule has 0 radical (unpaired) electrons. The first-order valence-electron chi connectivity index (χ1n) is 6.59. The minimum Gasteiger partial charge on any atom is -0.461 e. The fourth-order valence-corrected chi connectivity index (χ4v) is 2.59. The van der Waals surface area contributed by atoms with E-state index in [0.29, 0.717) is 23.5 Å². The fraction of sp³-hybridized carbons (Fsp3) is 0.467. The molecule has 0 N–H and O–H groups in total. The van der Waals surface area contributed by atoms with Gasteiger partial charge in [0, 0.05) is 11.8 Å². The molecule has 2 aliphatic heterocycles. The maximum Gasteiger partial charge on any atom is 0.306 e. The Morgan fingerprint density at radius 3 is 2.85 bits per heavy atom. The number of fused-ring (bicyclic) bond motifs is 1. The largest absolute Gasteiger partial charge is 0.461 e. The zero-order valence-electron chi connectivity index (χ0n) is 11.5. The highest BCUT2D eigenvalue weighted by Gasteiger charge is 2.43. The number of para-hydroxylation sites is 1. The Morgan fingerprint density at radius 1 is 1.35 bits per heavy atom. The number of hydrogen-bond acceptors (Lipinski definition) is 5. The Balaban J connectivity index is 1.81. The maximum atomic E-state index is 12.4. The van der Waals surface area contributed by atoms with E-state index in [1.165, 1.54) is 0 Å². The first-order chi connectivity index (χ1) is 9.47. The van der Waals surface area contributed by atoms with Crippen molar-refractivity contribution in [1.29, 1.82) is 0 Å². The lowest BCUT2D eigenvalue weighted by Crippen LogP contribution is -2.27. The van der Waals surface area contributed by atoms with E-state index in [1.807, 2.05) is 13.8 Å². The van der Waals surface area contributed by atoms with Gasteiger partial charge in [-0.15, -0.1) is 0 Å². The van der Waals surface area contributed by atoms with Crippen molar-refractivity contribution in [2.45, 2.75) is 32.8 Å². The molecule has 2 aliphatic rings. The van der Waals surface area contributed by atoms with Gasteiger partial charge in [0.25, 0.3) is 0 Å². The summed E-state index contributed by atoms with van der Waals surface area (Å²) in [6, 6.07) is 5.23. The summed E-state index contributed by atoms with van der Waals surface area (Å²) in [5.41, 5.74) is 0.168. The van der Waals surface area contributed by atoms with Crippen LogP contribution in [0.4, 0.5) is 0 Å². The molecule has 0 amide bonds. The van der Waals surface area contributed by atoms with E-state index >= 15 is 0 Å². The third kappa shape index (κ3) is 2.13. The lowest BCUT2D eigenvalue weighted by molar-refractivity contribution is -0.141. The third-order valence-corrected chi connectivity index (χ3v) is 3.81. The van der Waals surface area contributed by atoms with Crippen molar-refractivity contribution in [2.75, 3.05) is 6.79 Å². The summed E-state index contributed by atoms with van der Waals surface area (Å²) in [5.74, 6) is 0.726. The number of cyclic esters (lactones) is 1. The summed E-state index contributed by atoms with van der Waals surface area (Å²) < 4.78 is 15.9. The number of benzene rings is 1. The van der Waals surface area contributed by atoms with Crippen LogP contribution >= 0.6 is 0 Å². The van der Waals surface area contributed by atoms with Gasteiger partial charge >= 0.3 is 5.97 Å². The van der Waals surface area contributed by atoms with Crippen LogP contribution in [-0.4, -0.2) is 24.6 Å². The molecule has 106 valence electrons. The van der Waals surface area contributed by atoms with Crippen molar-refractivity contribution in [3.63, 3.8) is 0 Å². The van der Waals surface area contributed by atoms with Crippen LogP contribution in [0.25, 0.3) is 0 Å². The molecule has 1 atom stereocenters. The number of Topliss-reactive ketones (excluding diaryl/α,β-unsaturated/α-hetero) is 1. The van der Waals surface area contributed by atoms with Crippen molar-refractivity contribution < 1.29 is 23.8 Å². The van der Waals surface area contributed by atoms with Crippen LogP contribution in [0.2, 0.25) is 0 Å². The van der Waals surface area contributed by atoms with Crippen LogP contribution in [0.1, 0.15) is 37.0 Å². The summed E-state index contributed by atoms with van der Waals surface area (Å²) in [6.07, 6.45) is 0.122. The summed E-state index contributed by atoms with van der Waals surface area (Å²) >= 11 is 0. The second kappa shape index (κ2) is 4.51. The number of carbonyl (C=O) groups excluding carboxylic acids is 2. The smallest absolute Gasteiger partial charge is 0.306 e. The first-order valence-corrected chi connectivity index (χ1v) is 6.59. The number of ether oxygens (including phenoxy) is 3. The Bertz CT molecular complexity index is 576. The average molecular weight is 276 g/mol. The number of hydrogen-bond donors (Lipinski definition) is 0. The summed E-state index contributed by atoms with van der Waals surface area (Å²) in [5, 5.41) is 0. The molecule has 1 aromatic carbocycles. The topological polar surface area (TPSA) is 61.8 Å². The van der Waals surface area contributed by atoms with E-state index in [4.69, 9.17) is 14.2 Å². The van der Waals surface area contributed by atoms with Crippen LogP contribution in [0.5, 0.6) is 11.5 Å². The van der Waals surface area contributed by atoms with E-state index < -0.39 is 0 Å². The second-order valence-corrected chi connectivity index (χ2v) is 5.81. The van der Waals surface area contributed by atoms with Crippen LogP contribution in [0.3, 0.4) is 0 Å². The van der Waals surface area contributed by atoms with E-state index in [1.54, 1.807) is 18.2 Å². The highest BCUT2D eigenvalue weighted by Crippen LogP contribution is 2.40. The van der Waals surface area contributed by atoms with Gasteiger partial charge in [-0.25, -0.2) is 0 Å². The fourth-order valence-electron chi connectivity index (χ4n) is 2.59. The summed E-state index contributed by atoms with van der Waals surface area (Å²) in [7, 11) is 0. The van der Waals surface area contributed by atoms with Crippen LogP contribution in [0, 0.1) is 5.41 Å². The van der Waals surface area contributed by atoms with Crippen molar-refractivity contribution >= 4 is 11.8 Å². The molecule has 20 heavy (non-hydrogen) atoms.